The second-order valence-corrected chi connectivity index (χ2v) is 4.49. The number of hydrogen-bond donors (Lipinski definition) is 4. The van der Waals surface area contributed by atoms with Gasteiger partial charge in [0.1, 0.15) is 15.0 Å². The summed E-state index contributed by atoms with van der Waals surface area (Å²) in [7, 11) is 1.57. The first-order valence-electron chi connectivity index (χ1n) is 4.89. The molecule has 96 valence electrons. The molecular formula is C10H16ClIN4O. The van der Waals surface area contributed by atoms with Gasteiger partial charge < -0.3 is 16.2 Å². The fourth-order valence-electron chi connectivity index (χ4n) is 1.11. The van der Waals surface area contributed by atoms with Crippen LogP contribution in [0.15, 0.2) is 27.5 Å². The first-order valence-corrected chi connectivity index (χ1v) is 6.35. The average molecular weight is 371 g/mol. The molecule has 1 unspecified atom stereocenters. The smallest absolute Gasteiger partial charge is 0.112 e. The zero-order valence-corrected chi connectivity index (χ0v) is 12.6. The molecule has 5 nitrogen and oxygen atoms in total. The van der Waals surface area contributed by atoms with Gasteiger partial charge in [-0.05, 0) is 29.5 Å². The number of aliphatic hydroxyl groups excluding tert-OH is 1. The van der Waals surface area contributed by atoms with E-state index in [9.17, 15) is 5.11 Å². The molecule has 17 heavy (non-hydrogen) atoms. The quantitative estimate of drug-likeness (QED) is 0.323. The third-order valence-electron chi connectivity index (χ3n) is 1.86. The van der Waals surface area contributed by atoms with Crippen LogP contribution in [0.25, 0.3) is 0 Å². The van der Waals surface area contributed by atoms with Crippen molar-refractivity contribution in [1.82, 2.24) is 5.32 Å². The highest BCUT2D eigenvalue weighted by atomic mass is 127. The highest BCUT2D eigenvalue weighted by Crippen LogP contribution is 2.20. The van der Waals surface area contributed by atoms with Crippen LogP contribution in [-0.4, -0.2) is 34.7 Å². The van der Waals surface area contributed by atoms with Crippen molar-refractivity contribution >= 4 is 44.1 Å². The van der Waals surface area contributed by atoms with E-state index in [4.69, 9.17) is 22.7 Å². The minimum atomic E-state index is -1.07. The van der Waals surface area contributed by atoms with E-state index in [0.29, 0.717) is 12.1 Å². The van der Waals surface area contributed by atoms with Crippen molar-refractivity contribution in [3.05, 3.63) is 22.5 Å². The molecule has 7 heteroatoms. The summed E-state index contributed by atoms with van der Waals surface area (Å²) in [6.07, 6.45) is 1.60. The Bertz CT molecular complexity index is 365. The van der Waals surface area contributed by atoms with Crippen molar-refractivity contribution in [3.63, 3.8) is 0 Å². The van der Waals surface area contributed by atoms with E-state index in [-0.39, 0.29) is 14.4 Å². The molecule has 0 aromatic carbocycles. The molecule has 0 aliphatic carbocycles. The fourth-order valence-corrected chi connectivity index (χ4v) is 2.16. The molecule has 0 rings (SSSR count). The summed E-state index contributed by atoms with van der Waals surface area (Å²) in [6, 6.07) is 0. The van der Waals surface area contributed by atoms with Crippen LogP contribution in [0.5, 0.6) is 0 Å². The van der Waals surface area contributed by atoms with Crippen molar-refractivity contribution in [2.75, 3.05) is 13.6 Å². The van der Waals surface area contributed by atoms with E-state index in [1.54, 1.807) is 29.6 Å². The molecule has 0 fully saturated rings. The van der Waals surface area contributed by atoms with Gasteiger partial charge in [0.2, 0.25) is 0 Å². The summed E-state index contributed by atoms with van der Waals surface area (Å²) >= 11 is 7.77. The Labute approximate surface area is 119 Å². The molecule has 0 saturated heterocycles. The normalized spacial score (nSPS) is 15.7. The number of aliphatic hydroxyl groups is 1. The molecule has 0 heterocycles. The predicted molar refractivity (Wildman–Crippen MR) is 81.0 cm³/mol. The van der Waals surface area contributed by atoms with Crippen LogP contribution < -0.4 is 11.1 Å². The van der Waals surface area contributed by atoms with Gasteiger partial charge in [0.15, 0.2) is 0 Å². The van der Waals surface area contributed by atoms with Crippen molar-refractivity contribution in [2.24, 2.45) is 10.7 Å². The van der Waals surface area contributed by atoms with E-state index in [1.807, 2.05) is 6.92 Å². The summed E-state index contributed by atoms with van der Waals surface area (Å²) in [5.41, 5.74) is 6.07. The zero-order chi connectivity index (χ0) is 13.4. The average Bonchev–Trinajstić information content (AvgIpc) is 2.25. The van der Waals surface area contributed by atoms with E-state index in [0.717, 1.165) is 0 Å². The van der Waals surface area contributed by atoms with Gasteiger partial charge in [-0.3, -0.25) is 10.4 Å². The Morgan fingerprint density at radius 2 is 2.29 bits per heavy atom. The van der Waals surface area contributed by atoms with Crippen LogP contribution in [0.2, 0.25) is 0 Å². The molecule has 0 aromatic heterocycles. The van der Waals surface area contributed by atoms with Crippen molar-refractivity contribution < 1.29 is 5.11 Å². The number of nitrogens with two attached hydrogens (primary N) is 1. The van der Waals surface area contributed by atoms with Gasteiger partial charge >= 0.3 is 0 Å². The van der Waals surface area contributed by atoms with Crippen LogP contribution in [0.1, 0.15) is 6.92 Å². The summed E-state index contributed by atoms with van der Waals surface area (Å²) in [5.74, 6) is 0. The topological polar surface area (TPSA) is 94.5 Å². The van der Waals surface area contributed by atoms with Crippen LogP contribution in [0.3, 0.4) is 0 Å². The van der Waals surface area contributed by atoms with E-state index in [1.165, 1.54) is 12.4 Å². The lowest BCUT2D eigenvalue weighted by Gasteiger charge is -2.16. The lowest BCUT2D eigenvalue weighted by molar-refractivity contribution is 0.258. The van der Waals surface area contributed by atoms with Crippen LogP contribution in [-0.2, 0) is 0 Å². The molecule has 1 atom stereocenters. The number of rotatable bonds is 6. The predicted octanol–water partition coefficient (Wildman–Crippen LogP) is 1.36. The molecular weight excluding hydrogens is 354 g/mol. The largest absolute Gasteiger partial charge is 0.404 e. The van der Waals surface area contributed by atoms with Gasteiger partial charge in [-0.2, -0.15) is 0 Å². The summed E-state index contributed by atoms with van der Waals surface area (Å²) < 4.78 is 0.143. The van der Waals surface area contributed by atoms with Crippen molar-refractivity contribution in [1.29, 1.82) is 5.41 Å². The molecule has 0 spiro atoms. The molecule has 0 bridgehead atoms. The van der Waals surface area contributed by atoms with Gasteiger partial charge in [-0.1, -0.05) is 11.6 Å². The number of aliphatic imine (C=N–C) groups is 1. The van der Waals surface area contributed by atoms with Crippen LogP contribution in [0, 0.1) is 5.41 Å². The molecule has 0 aliphatic heterocycles. The second kappa shape index (κ2) is 8.48. The maximum Gasteiger partial charge on any atom is 0.112 e. The molecule has 0 aliphatic rings. The zero-order valence-electron chi connectivity index (χ0n) is 9.67. The molecule has 5 N–H and O–H groups in total. The first kappa shape index (κ1) is 16.4. The Hall–Kier alpha value is -0.600. The number of nitrogens with one attached hydrogen (secondary N) is 2. The summed E-state index contributed by atoms with van der Waals surface area (Å²) in [6.45, 7) is 2.47. The Morgan fingerprint density at radius 3 is 2.65 bits per heavy atom. The maximum atomic E-state index is 10.1. The molecule has 0 amide bonds. The highest BCUT2D eigenvalue weighted by molar-refractivity contribution is 14.1. The van der Waals surface area contributed by atoms with Gasteiger partial charge in [-0.15, -0.1) is 0 Å². The third-order valence-corrected chi connectivity index (χ3v) is 2.78. The lowest BCUT2D eigenvalue weighted by Crippen LogP contribution is -2.24. The molecule has 0 aromatic rings. The third kappa shape index (κ3) is 5.05. The minimum absolute atomic E-state index is 0.143. The first-order chi connectivity index (χ1) is 7.99. The highest BCUT2D eigenvalue weighted by Gasteiger charge is 2.21. The fraction of sp³-hybridized carbons (Fsp3) is 0.400. The Balaban J connectivity index is 5.35. The standard InChI is InChI=1S/C10H16ClIN4O/c1-3-16-9(11)7(10(12)14)8(17)6(4-13)5-15-2/h4-5,8,14,16-17H,3,13H2,1-2H3/b6-4?,9-7-,14-10?,15-5?. The minimum Gasteiger partial charge on any atom is -0.404 e. The number of halogens is 2. The number of nitrogens with zero attached hydrogens (tertiary/aromatic N) is 1. The van der Waals surface area contributed by atoms with E-state index < -0.39 is 6.10 Å². The van der Waals surface area contributed by atoms with Gasteiger partial charge in [0, 0.05) is 31.6 Å². The second-order valence-electron chi connectivity index (χ2n) is 3.03. The Kier molecular flexibility index (Phi) is 8.19. The van der Waals surface area contributed by atoms with E-state index in [2.05, 4.69) is 10.3 Å². The Morgan fingerprint density at radius 1 is 1.71 bits per heavy atom. The SMILES string of the molecule is CCN/C(Cl)=C(\C(=N)I)C(O)C(C=NC)=CN. The molecule has 0 radical (unpaired) electrons. The molecule has 0 saturated carbocycles. The van der Waals surface area contributed by atoms with Gasteiger partial charge in [0.25, 0.3) is 0 Å². The van der Waals surface area contributed by atoms with Crippen LogP contribution >= 0.6 is 34.2 Å². The summed E-state index contributed by atoms with van der Waals surface area (Å²) in [4.78, 5) is 3.78. The van der Waals surface area contributed by atoms with Crippen molar-refractivity contribution in [2.45, 2.75) is 13.0 Å². The summed E-state index contributed by atoms with van der Waals surface area (Å²) in [5, 5.41) is 20.8. The monoisotopic (exact) mass is 370 g/mol. The van der Waals surface area contributed by atoms with Gasteiger partial charge in [0.05, 0.1) is 5.57 Å². The number of hydrogen-bond acceptors (Lipinski definition) is 5. The maximum absolute atomic E-state index is 10.1. The van der Waals surface area contributed by atoms with E-state index >= 15 is 0 Å². The van der Waals surface area contributed by atoms with Crippen LogP contribution in [0.4, 0.5) is 0 Å². The lowest BCUT2D eigenvalue weighted by atomic mass is 10.0. The van der Waals surface area contributed by atoms with Gasteiger partial charge in [-0.25, -0.2) is 0 Å². The van der Waals surface area contributed by atoms with Crippen molar-refractivity contribution in [3.8, 4) is 0 Å².